The average molecular weight is 225 g/mol. The number of nitriles is 1. The molecule has 84 valence electrons. The zero-order valence-electron chi connectivity index (χ0n) is 9.34. The van der Waals surface area contributed by atoms with Gasteiger partial charge in [-0.05, 0) is 35.4 Å². The summed E-state index contributed by atoms with van der Waals surface area (Å²) in [7, 11) is 1.51. The first kappa shape index (κ1) is 11.0. The molecule has 0 heterocycles. The Kier molecular flexibility index (Phi) is 2.97. The zero-order valence-corrected chi connectivity index (χ0v) is 9.34. The van der Waals surface area contributed by atoms with Crippen LogP contribution in [0.5, 0.6) is 11.5 Å². The summed E-state index contributed by atoms with van der Waals surface area (Å²) < 4.78 is 4.98. The summed E-state index contributed by atoms with van der Waals surface area (Å²) in [6, 6.07) is 14.5. The standard InChI is InChI=1S/C14H11NO2/c1-17-14-7-6-12(8-13(14)16)11-4-2-10(9-15)3-5-11/h2-8,16H,1H3. The molecule has 0 saturated heterocycles. The predicted octanol–water partition coefficient (Wildman–Crippen LogP) is 2.94. The van der Waals surface area contributed by atoms with Crippen molar-refractivity contribution in [1.82, 2.24) is 0 Å². The molecule has 0 atom stereocenters. The number of ether oxygens (including phenoxy) is 1. The molecule has 2 rings (SSSR count). The summed E-state index contributed by atoms with van der Waals surface area (Å²) in [5, 5.41) is 18.4. The molecule has 0 saturated carbocycles. The van der Waals surface area contributed by atoms with Crippen molar-refractivity contribution in [3.63, 3.8) is 0 Å². The highest BCUT2D eigenvalue weighted by atomic mass is 16.5. The van der Waals surface area contributed by atoms with Gasteiger partial charge in [0.1, 0.15) is 0 Å². The van der Waals surface area contributed by atoms with E-state index in [0.29, 0.717) is 11.3 Å². The molecule has 0 radical (unpaired) electrons. The normalized spacial score (nSPS) is 9.65. The smallest absolute Gasteiger partial charge is 0.160 e. The van der Waals surface area contributed by atoms with Crippen molar-refractivity contribution < 1.29 is 9.84 Å². The number of hydrogen-bond donors (Lipinski definition) is 1. The van der Waals surface area contributed by atoms with Crippen molar-refractivity contribution in [2.75, 3.05) is 7.11 Å². The molecular formula is C14H11NO2. The van der Waals surface area contributed by atoms with Crippen molar-refractivity contribution in [2.45, 2.75) is 0 Å². The van der Waals surface area contributed by atoms with Crippen molar-refractivity contribution >= 4 is 0 Å². The fourth-order valence-electron chi connectivity index (χ4n) is 1.61. The number of methoxy groups -OCH3 is 1. The summed E-state index contributed by atoms with van der Waals surface area (Å²) >= 11 is 0. The fourth-order valence-corrected chi connectivity index (χ4v) is 1.61. The van der Waals surface area contributed by atoms with E-state index in [1.807, 2.05) is 18.2 Å². The van der Waals surface area contributed by atoms with Crippen LogP contribution in [0.25, 0.3) is 11.1 Å². The maximum absolute atomic E-state index is 9.68. The van der Waals surface area contributed by atoms with Crippen LogP contribution in [0.15, 0.2) is 42.5 Å². The van der Waals surface area contributed by atoms with Crippen LogP contribution in [-0.2, 0) is 0 Å². The number of benzene rings is 2. The Hall–Kier alpha value is -2.47. The molecule has 2 aromatic carbocycles. The molecule has 0 bridgehead atoms. The lowest BCUT2D eigenvalue weighted by atomic mass is 10.0. The van der Waals surface area contributed by atoms with Gasteiger partial charge in [0.25, 0.3) is 0 Å². The Morgan fingerprint density at radius 3 is 2.24 bits per heavy atom. The summed E-state index contributed by atoms with van der Waals surface area (Å²) in [5.41, 5.74) is 2.45. The van der Waals surface area contributed by atoms with Crippen LogP contribution in [0.4, 0.5) is 0 Å². The third-order valence-corrected chi connectivity index (χ3v) is 2.53. The SMILES string of the molecule is COc1ccc(-c2ccc(C#N)cc2)cc1O. The number of hydrogen-bond acceptors (Lipinski definition) is 3. The minimum Gasteiger partial charge on any atom is -0.504 e. The quantitative estimate of drug-likeness (QED) is 0.854. The number of nitrogens with zero attached hydrogens (tertiary/aromatic N) is 1. The topological polar surface area (TPSA) is 53.2 Å². The molecule has 3 heteroatoms. The van der Waals surface area contributed by atoms with Gasteiger partial charge in [0.05, 0.1) is 18.7 Å². The van der Waals surface area contributed by atoms with Crippen LogP contribution < -0.4 is 4.74 Å². The number of phenolic OH excluding ortho intramolecular Hbond substituents is 1. The van der Waals surface area contributed by atoms with E-state index in [1.54, 1.807) is 24.3 Å². The monoisotopic (exact) mass is 225 g/mol. The number of aromatic hydroxyl groups is 1. The van der Waals surface area contributed by atoms with Crippen LogP contribution in [0, 0.1) is 11.3 Å². The second-order valence-electron chi connectivity index (χ2n) is 3.58. The lowest BCUT2D eigenvalue weighted by Crippen LogP contribution is -1.84. The van der Waals surface area contributed by atoms with Gasteiger partial charge in [0.2, 0.25) is 0 Å². The Balaban J connectivity index is 2.40. The van der Waals surface area contributed by atoms with Crippen molar-refractivity contribution in [3.8, 4) is 28.7 Å². The van der Waals surface area contributed by atoms with Gasteiger partial charge in [0.15, 0.2) is 11.5 Å². The lowest BCUT2D eigenvalue weighted by Gasteiger charge is -2.06. The van der Waals surface area contributed by atoms with E-state index in [-0.39, 0.29) is 5.75 Å². The second-order valence-corrected chi connectivity index (χ2v) is 3.58. The van der Waals surface area contributed by atoms with E-state index >= 15 is 0 Å². The third kappa shape index (κ3) is 2.21. The maximum atomic E-state index is 9.68. The number of phenols is 1. The molecule has 0 amide bonds. The first-order valence-electron chi connectivity index (χ1n) is 5.12. The Labute approximate surface area is 99.5 Å². The zero-order chi connectivity index (χ0) is 12.3. The van der Waals surface area contributed by atoms with Crippen molar-refractivity contribution in [3.05, 3.63) is 48.0 Å². The summed E-state index contributed by atoms with van der Waals surface area (Å²) in [6.07, 6.45) is 0. The fraction of sp³-hybridized carbons (Fsp3) is 0.0714. The summed E-state index contributed by atoms with van der Waals surface area (Å²) in [5.74, 6) is 0.553. The first-order chi connectivity index (χ1) is 8.24. The third-order valence-electron chi connectivity index (χ3n) is 2.53. The van der Waals surface area contributed by atoms with Gasteiger partial charge in [-0.3, -0.25) is 0 Å². The van der Waals surface area contributed by atoms with Crippen LogP contribution in [0.1, 0.15) is 5.56 Å². The molecule has 0 aliphatic rings. The molecule has 2 aromatic rings. The average Bonchev–Trinajstić information content (AvgIpc) is 2.39. The van der Waals surface area contributed by atoms with Crippen molar-refractivity contribution in [1.29, 1.82) is 5.26 Å². The molecule has 0 aliphatic carbocycles. The maximum Gasteiger partial charge on any atom is 0.160 e. The first-order valence-corrected chi connectivity index (χ1v) is 5.12. The highest BCUT2D eigenvalue weighted by molar-refractivity contribution is 5.67. The summed E-state index contributed by atoms with van der Waals surface area (Å²) in [4.78, 5) is 0. The summed E-state index contributed by atoms with van der Waals surface area (Å²) in [6.45, 7) is 0. The van der Waals surface area contributed by atoms with Gasteiger partial charge in [-0.2, -0.15) is 5.26 Å². The van der Waals surface area contributed by atoms with E-state index in [4.69, 9.17) is 10.00 Å². The van der Waals surface area contributed by atoms with Gasteiger partial charge in [-0.25, -0.2) is 0 Å². The van der Waals surface area contributed by atoms with Crippen LogP contribution >= 0.6 is 0 Å². The van der Waals surface area contributed by atoms with E-state index in [9.17, 15) is 5.11 Å². The molecule has 0 unspecified atom stereocenters. The molecular weight excluding hydrogens is 214 g/mol. The van der Waals surface area contributed by atoms with E-state index in [0.717, 1.165) is 11.1 Å². The van der Waals surface area contributed by atoms with Gasteiger partial charge in [-0.1, -0.05) is 18.2 Å². The van der Waals surface area contributed by atoms with E-state index in [2.05, 4.69) is 6.07 Å². The van der Waals surface area contributed by atoms with Crippen LogP contribution in [0.2, 0.25) is 0 Å². The van der Waals surface area contributed by atoms with Crippen LogP contribution in [-0.4, -0.2) is 12.2 Å². The molecule has 17 heavy (non-hydrogen) atoms. The molecule has 0 aliphatic heterocycles. The van der Waals surface area contributed by atoms with Gasteiger partial charge in [0, 0.05) is 0 Å². The largest absolute Gasteiger partial charge is 0.504 e. The lowest BCUT2D eigenvalue weighted by molar-refractivity contribution is 0.373. The molecule has 0 aromatic heterocycles. The van der Waals surface area contributed by atoms with Gasteiger partial charge >= 0.3 is 0 Å². The minimum absolute atomic E-state index is 0.106. The van der Waals surface area contributed by atoms with E-state index in [1.165, 1.54) is 7.11 Å². The minimum atomic E-state index is 0.106. The predicted molar refractivity (Wildman–Crippen MR) is 64.8 cm³/mol. The van der Waals surface area contributed by atoms with E-state index < -0.39 is 0 Å². The Morgan fingerprint density at radius 1 is 1.06 bits per heavy atom. The number of rotatable bonds is 2. The Bertz CT molecular complexity index is 568. The highest BCUT2D eigenvalue weighted by Gasteiger charge is 2.04. The highest BCUT2D eigenvalue weighted by Crippen LogP contribution is 2.31. The van der Waals surface area contributed by atoms with Crippen molar-refractivity contribution in [2.24, 2.45) is 0 Å². The molecule has 3 nitrogen and oxygen atoms in total. The molecule has 1 N–H and O–H groups in total. The van der Waals surface area contributed by atoms with Crippen LogP contribution in [0.3, 0.4) is 0 Å². The molecule has 0 fully saturated rings. The van der Waals surface area contributed by atoms with Gasteiger partial charge < -0.3 is 9.84 Å². The van der Waals surface area contributed by atoms with Gasteiger partial charge in [-0.15, -0.1) is 0 Å². The Morgan fingerprint density at radius 2 is 1.71 bits per heavy atom. The second kappa shape index (κ2) is 4.58. The molecule has 0 spiro atoms.